The topological polar surface area (TPSA) is 0 Å². The first-order valence-corrected chi connectivity index (χ1v) is 11.2. The average Bonchev–Trinajstić information content (AvgIpc) is 2.55. The van der Waals surface area contributed by atoms with Gasteiger partial charge in [-0.3, -0.25) is 0 Å². The summed E-state index contributed by atoms with van der Waals surface area (Å²) in [4.78, 5) is 0. The summed E-state index contributed by atoms with van der Waals surface area (Å²) in [6.07, 6.45) is 23.2. The van der Waals surface area contributed by atoms with Crippen molar-refractivity contribution in [1.29, 1.82) is 0 Å². The van der Waals surface area contributed by atoms with Gasteiger partial charge < -0.3 is 0 Å². The van der Waals surface area contributed by atoms with E-state index in [1.807, 2.05) is 0 Å². The lowest BCUT2D eigenvalue weighted by Gasteiger charge is -2.37. The Morgan fingerprint density at radius 1 is 0.565 bits per heavy atom. The molecule has 0 heterocycles. The zero-order valence-electron chi connectivity index (χ0n) is 16.1. The molecular formula is C23H42. The van der Waals surface area contributed by atoms with Crippen molar-refractivity contribution in [2.75, 3.05) is 0 Å². The molecule has 0 heteroatoms. The Balaban J connectivity index is 1.42. The van der Waals surface area contributed by atoms with Crippen LogP contribution in [-0.4, -0.2) is 0 Å². The third-order valence-corrected chi connectivity index (χ3v) is 7.74. The molecule has 3 fully saturated rings. The van der Waals surface area contributed by atoms with Gasteiger partial charge in [0.2, 0.25) is 0 Å². The van der Waals surface area contributed by atoms with E-state index in [2.05, 4.69) is 13.8 Å². The fraction of sp³-hybridized carbons (Fsp3) is 1.00. The van der Waals surface area contributed by atoms with Gasteiger partial charge in [0.15, 0.2) is 0 Å². The van der Waals surface area contributed by atoms with Crippen LogP contribution in [0.25, 0.3) is 0 Å². The molecule has 3 aliphatic carbocycles. The van der Waals surface area contributed by atoms with Gasteiger partial charge in [-0.1, -0.05) is 78.1 Å². The Hall–Kier alpha value is 0. The van der Waals surface area contributed by atoms with Gasteiger partial charge in [0.05, 0.1) is 0 Å². The minimum Gasteiger partial charge on any atom is -0.0651 e. The van der Waals surface area contributed by atoms with Crippen LogP contribution in [0, 0.1) is 35.5 Å². The molecule has 0 bridgehead atoms. The molecule has 3 unspecified atom stereocenters. The van der Waals surface area contributed by atoms with Gasteiger partial charge in [0, 0.05) is 0 Å². The highest BCUT2D eigenvalue weighted by Crippen LogP contribution is 2.42. The average molecular weight is 319 g/mol. The van der Waals surface area contributed by atoms with Gasteiger partial charge in [-0.25, -0.2) is 0 Å². The van der Waals surface area contributed by atoms with E-state index in [0.29, 0.717) is 0 Å². The lowest BCUT2D eigenvalue weighted by Crippen LogP contribution is -2.24. The van der Waals surface area contributed by atoms with E-state index in [0.717, 1.165) is 35.5 Å². The van der Waals surface area contributed by atoms with Crippen molar-refractivity contribution < 1.29 is 0 Å². The van der Waals surface area contributed by atoms with E-state index < -0.39 is 0 Å². The molecule has 0 saturated heterocycles. The summed E-state index contributed by atoms with van der Waals surface area (Å²) >= 11 is 0. The summed E-state index contributed by atoms with van der Waals surface area (Å²) in [6, 6.07) is 0. The van der Waals surface area contributed by atoms with Crippen molar-refractivity contribution in [3.05, 3.63) is 0 Å². The predicted molar refractivity (Wildman–Crippen MR) is 102 cm³/mol. The Morgan fingerprint density at radius 3 is 1.52 bits per heavy atom. The molecule has 0 N–H and O–H groups in total. The fourth-order valence-electron chi connectivity index (χ4n) is 6.53. The van der Waals surface area contributed by atoms with Crippen molar-refractivity contribution in [2.24, 2.45) is 35.5 Å². The summed E-state index contributed by atoms with van der Waals surface area (Å²) < 4.78 is 0. The molecule has 0 aromatic carbocycles. The summed E-state index contributed by atoms with van der Waals surface area (Å²) in [6.45, 7) is 4.90. The zero-order valence-corrected chi connectivity index (χ0v) is 16.1. The van der Waals surface area contributed by atoms with Crippen LogP contribution in [0.5, 0.6) is 0 Å². The largest absolute Gasteiger partial charge is 0.0651 e. The monoisotopic (exact) mass is 318 g/mol. The highest BCUT2D eigenvalue weighted by molar-refractivity contribution is 4.81. The molecule has 3 saturated carbocycles. The fourth-order valence-corrected chi connectivity index (χ4v) is 6.53. The second kappa shape index (κ2) is 8.91. The molecule has 0 nitrogen and oxygen atoms in total. The second-order valence-electron chi connectivity index (χ2n) is 9.81. The van der Waals surface area contributed by atoms with E-state index in [1.54, 1.807) is 64.2 Å². The van der Waals surface area contributed by atoms with Crippen molar-refractivity contribution in [3.63, 3.8) is 0 Å². The van der Waals surface area contributed by atoms with E-state index in [4.69, 9.17) is 0 Å². The lowest BCUT2D eigenvalue weighted by molar-refractivity contribution is 0.152. The SMILES string of the molecule is CCC1CCC[C@@H](CC2CCC[C@H](CC3CCC[C@@H](C)C3)C2)C1. The van der Waals surface area contributed by atoms with Gasteiger partial charge in [-0.15, -0.1) is 0 Å². The van der Waals surface area contributed by atoms with Crippen LogP contribution in [0.15, 0.2) is 0 Å². The maximum absolute atomic E-state index is 2.49. The molecule has 134 valence electrons. The summed E-state index contributed by atoms with van der Waals surface area (Å²) in [5.41, 5.74) is 0. The normalized spacial score (nSPS) is 42.5. The smallest absolute Gasteiger partial charge is 0.0409 e. The predicted octanol–water partition coefficient (Wildman–Crippen LogP) is 7.62. The molecule has 0 aromatic heterocycles. The zero-order chi connectivity index (χ0) is 16.1. The molecule has 23 heavy (non-hydrogen) atoms. The second-order valence-corrected chi connectivity index (χ2v) is 9.81. The molecule has 3 rings (SSSR count). The molecule has 0 amide bonds. The van der Waals surface area contributed by atoms with Crippen LogP contribution < -0.4 is 0 Å². The summed E-state index contributed by atoms with van der Waals surface area (Å²) in [5, 5.41) is 0. The Bertz CT molecular complexity index is 333. The maximum Gasteiger partial charge on any atom is -0.0409 e. The maximum atomic E-state index is 2.49. The van der Waals surface area contributed by atoms with Gasteiger partial charge >= 0.3 is 0 Å². The van der Waals surface area contributed by atoms with Crippen molar-refractivity contribution in [1.82, 2.24) is 0 Å². The molecular weight excluding hydrogens is 276 g/mol. The third-order valence-electron chi connectivity index (χ3n) is 7.74. The first-order valence-electron chi connectivity index (χ1n) is 11.2. The third kappa shape index (κ3) is 5.50. The lowest BCUT2D eigenvalue weighted by atomic mass is 9.69. The van der Waals surface area contributed by atoms with E-state index in [9.17, 15) is 0 Å². The molecule has 6 atom stereocenters. The molecule has 0 aromatic rings. The van der Waals surface area contributed by atoms with Crippen LogP contribution in [0.4, 0.5) is 0 Å². The first kappa shape index (κ1) is 17.8. The Morgan fingerprint density at radius 2 is 1.00 bits per heavy atom. The van der Waals surface area contributed by atoms with Crippen LogP contribution in [0.2, 0.25) is 0 Å². The summed E-state index contributed by atoms with van der Waals surface area (Å²) in [7, 11) is 0. The molecule has 0 radical (unpaired) electrons. The Kier molecular flexibility index (Phi) is 6.90. The van der Waals surface area contributed by atoms with Crippen LogP contribution >= 0.6 is 0 Å². The quantitative estimate of drug-likeness (QED) is 0.489. The minimum absolute atomic E-state index is 1.02. The highest BCUT2D eigenvalue weighted by Gasteiger charge is 2.29. The van der Waals surface area contributed by atoms with E-state index in [1.165, 1.54) is 32.1 Å². The molecule has 0 aliphatic heterocycles. The standard InChI is InChI=1S/C23H42/c1-3-19-8-5-10-21(14-19)16-23-12-6-11-22(17-23)15-20-9-4-7-18(2)13-20/h18-23H,3-17H2,1-2H3/t18-,19?,20?,21-,22-,23?/m1/s1. The molecule has 0 spiro atoms. The van der Waals surface area contributed by atoms with Crippen molar-refractivity contribution in [2.45, 2.75) is 110 Å². The molecule has 3 aliphatic rings. The van der Waals surface area contributed by atoms with Crippen LogP contribution in [0.1, 0.15) is 110 Å². The number of hydrogen-bond acceptors (Lipinski definition) is 0. The first-order chi connectivity index (χ1) is 11.2. The highest BCUT2D eigenvalue weighted by atomic mass is 14.3. The Labute approximate surface area is 146 Å². The number of rotatable bonds is 5. The van der Waals surface area contributed by atoms with Crippen molar-refractivity contribution >= 4 is 0 Å². The van der Waals surface area contributed by atoms with Gasteiger partial charge in [-0.2, -0.15) is 0 Å². The van der Waals surface area contributed by atoms with Gasteiger partial charge in [0.1, 0.15) is 0 Å². The van der Waals surface area contributed by atoms with E-state index >= 15 is 0 Å². The van der Waals surface area contributed by atoms with E-state index in [-0.39, 0.29) is 0 Å². The summed E-state index contributed by atoms with van der Waals surface area (Å²) in [5.74, 6) is 6.44. The van der Waals surface area contributed by atoms with Gasteiger partial charge in [0.25, 0.3) is 0 Å². The van der Waals surface area contributed by atoms with Gasteiger partial charge in [-0.05, 0) is 67.6 Å². The van der Waals surface area contributed by atoms with Crippen molar-refractivity contribution in [3.8, 4) is 0 Å². The van der Waals surface area contributed by atoms with Crippen LogP contribution in [0.3, 0.4) is 0 Å². The van der Waals surface area contributed by atoms with Crippen LogP contribution in [-0.2, 0) is 0 Å². The number of hydrogen-bond donors (Lipinski definition) is 0. The minimum atomic E-state index is 1.02.